The summed E-state index contributed by atoms with van der Waals surface area (Å²) < 4.78 is 26.5. The third-order valence-electron chi connectivity index (χ3n) is 1.23. The van der Waals surface area contributed by atoms with Gasteiger partial charge in [0.2, 0.25) is 0 Å². The summed E-state index contributed by atoms with van der Waals surface area (Å²) in [6.45, 7) is 1.76. The van der Waals surface area contributed by atoms with Gasteiger partial charge in [-0.3, -0.25) is 0 Å². The van der Waals surface area contributed by atoms with E-state index in [-0.39, 0.29) is 5.75 Å². The Morgan fingerprint density at radius 1 is 1.31 bits per heavy atom. The van der Waals surface area contributed by atoms with Crippen LogP contribution in [0.15, 0.2) is 0 Å². The lowest BCUT2D eigenvalue weighted by atomic mass is 10.7. The third-order valence-corrected chi connectivity index (χ3v) is 3.38. The lowest BCUT2D eigenvalue weighted by molar-refractivity contribution is 0.158. The molecule has 2 N–H and O–H groups in total. The van der Waals surface area contributed by atoms with Gasteiger partial charge in [0.05, 0.1) is 19.0 Å². The first-order chi connectivity index (χ1) is 6.06. The van der Waals surface area contributed by atoms with Crippen LogP contribution in [0.25, 0.3) is 0 Å². The van der Waals surface area contributed by atoms with Gasteiger partial charge in [-0.1, -0.05) is 0 Å². The summed E-state index contributed by atoms with van der Waals surface area (Å²) >= 11 is 1.59. The van der Waals surface area contributed by atoms with Crippen molar-refractivity contribution in [2.45, 2.75) is 0 Å². The SMILES string of the molecule is CS(=O)(=O)CCSCCOCCN. The molecule has 0 atom stereocenters. The van der Waals surface area contributed by atoms with Crippen LogP contribution in [-0.4, -0.2) is 51.7 Å². The molecule has 0 unspecified atom stereocenters. The molecule has 0 aromatic carbocycles. The molecule has 4 nitrogen and oxygen atoms in total. The molecule has 0 radical (unpaired) electrons. The van der Waals surface area contributed by atoms with E-state index in [1.165, 1.54) is 6.26 Å². The maximum absolute atomic E-state index is 10.7. The highest BCUT2D eigenvalue weighted by Gasteiger charge is 2.00. The monoisotopic (exact) mass is 227 g/mol. The normalized spacial score (nSPS) is 11.8. The highest BCUT2D eigenvalue weighted by atomic mass is 32.2. The number of nitrogens with two attached hydrogens (primary N) is 1. The van der Waals surface area contributed by atoms with Crippen LogP contribution in [0.2, 0.25) is 0 Å². The summed E-state index contributed by atoms with van der Waals surface area (Å²) in [7, 11) is -2.80. The molecule has 0 aliphatic heterocycles. The second kappa shape index (κ2) is 7.61. The van der Waals surface area contributed by atoms with E-state index in [0.29, 0.717) is 25.5 Å². The Morgan fingerprint density at radius 3 is 2.54 bits per heavy atom. The Balaban J connectivity index is 3.09. The van der Waals surface area contributed by atoms with Crippen molar-refractivity contribution in [3.05, 3.63) is 0 Å². The van der Waals surface area contributed by atoms with Crippen molar-refractivity contribution in [3.8, 4) is 0 Å². The fraction of sp³-hybridized carbons (Fsp3) is 1.00. The minimum atomic E-state index is -2.80. The zero-order chi connectivity index (χ0) is 10.2. The van der Waals surface area contributed by atoms with Crippen LogP contribution in [0.4, 0.5) is 0 Å². The molecule has 0 saturated carbocycles. The molecule has 0 aliphatic rings. The van der Waals surface area contributed by atoms with Crippen molar-refractivity contribution in [2.24, 2.45) is 5.73 Å². The van der Waals surface area contributed by atoms with Crippen LogP contribution in [0.5, 0.6) is 0 Å². The van der Waals surface area contributed by atoms with Gasteiger partial charge in [0.15, 0.2) is 0 Å². The molecule has 80 valence electrons. The largest absolute Gasteiger partial charge is 0.379 e. The van der Waals surface area contributed by atoms with Crippen molar-refractivity contribution in [1.29, 1.82) is 0 Å². The Bertz CT molecular complexity index is 204. The lowest BCUT2D eigenvalue weighted by Gasteiger charge is -2.01. The minimum Gasteiger partial charge on any atom is -0.379 e. The second-order valence-corrected chi connectivity index (χ2v) is 6.13. The van der Waals surface area contributed by atoms with E-state index in [1.54, 1.807) is 11.8 Å². The van der Waals surface area contributed by atoms with Gasteiger partial charge in [-0.15, -0.1) is 0 Å². The zero-order valence-electron chi connectivity index (χ0n) is 7.86. The van der Waals surface area contributed by atoms with Gasteiger partial charge in [0, 0.05) is 24.3 Å². The smallest absolute Gasteiger partial charge is 0.148 e. The van der Waals surface area contributed by atoms with Crippen LogP contribution in [0.1, 0.15) is 0 Å². The van der Waals surface area contributed by atoms with Gasteiger partial charge in [0.25, 0.3) is 0 Å². The van der Waals surface area contributed by atoms with E-state index in [1.807, 2.05) is 0 Å². The third kappa shape index (κ3) is 12.2. The molecule has 0 aromatic heterocycles. The van der Waals surface area contributed by atoms with Gasteiger partial charge in [0.1, 0.15) is 9.84 Å². The van der Waals surface area contributed by atoms with Crippen molar-refractivity contribution in [3.63, 3.8) is 0 Å². The average molecular weight is 227 g/mol. The first-order valence-electron chi connectivity index (χ1n) is 4.09. The van der Waals surface area contributed by atoms with E-state index in [0.717, 1.165) is 5.75 Å². The maximum atomic E-state index is 10.7. The lowest BCUT2D eigenvalue weighted by Crippen LogP contribution is -2.11. The summed E-state index contributed by atoms with van der Waals surface area (Å²) in [6.07, 6.45) is 1.25. The van der Waals surface area contributed by atoms with E-state index >= 15 is 0 Å². The number of hydrogen-bond donors (Lipinski definition) is 1. The van der Waals surface area contributed by atoms with Gasteiger partial charge < -0.3 is 10.5 Å². The van der Waals surface area contributed by atoms with E-state index in [9.17, 15) is 8.42 Å². The van der Waals surface area contributed by atoms with E-state index in [4.69, 9.17) is 10.5 Å². The molecule has 0 spiro atoms. The standard InChI is InChI=1S/C7H17NO3S2/c1-13(9,10)7-6-12-5-4-11-3-2-8/h2-8H2,1H3. The van der Waals surface area contributed by atoms with Gasteiger partial charge in [-0.05, 0) is 0 Å². The fourth-order valence-electron chi connectivity index (χ4n) is 0.616. The van der Waals surface area contributed by atoms with Gasteiger partial charge in [-0.25, -0.2) is 8.42 Å². The number of ether oxygens (including phenoxy) is 1. The molecule has 6 heteroatoms. The number of rotatable bonds is 8. The summed E-state index contributed by atoms with van der Waals surface area (Å²) in [5.74, 6) is 1.72. The molecule has 0 aliphatic carbocycles. The molecule has 0 heterocycles. The van der Waals surface area contributed by atoms with Gasteiger partial charge >= 0.3 is 0 Å². The second-order valence-electron chi connectivity index (χ2n) is 2.64. The quantitative estimate of drug-likeness (QED) is 0.579. The van der Waals surface area contributed by atoms with Crippen LogP contribution >= 0.6 is 11.8 Å². The first-order valence-corrected chi connectivity index (χ1v) is 7.31. The van der Waals surface area contributed by atoms with Crippen molar-refractivity contribution < 1.29 is 13.2 Å². The topological polar surface area (TPSA) is 69.4 Å². The fourth-order valence-corrected chi connectivity index (χ4v) is 2.74. The minimum absolute atomic E-state index is 0.245. The van der Waals surface area contributed by atoms with Crippen LogP contribution in [-0.2, 0) is 14.6 Å². The van der Waals surface area contributed by atoms with Crippen molar-refractivity contribution >= 4 is 21.6 Å². The molecule has 0 bridgehead atoms. The predicted octanol–water partition coefficient (Wildman–Crippen LogP) is -0.260. The molecule has 0 saturated heterocycles. The van der Waals surface area contributed by atoms with Crippen molar-refractivity contribution in [2.75, 3.05) is 43.3 Å². The summed E-state index contributed by atoms with van der Waals surface area (Å²) in [6, 6.07) is 0. The Labute approximate surface area is 84.1 Å². The molecule has 0 amide bonds. The highest BCUT2D eigenvalue weighted by Crippen LogP contribution is 2.00. The summed E-state index contributed by atoms with van der Waals surface area (Å²) in [5, 5.41) is 0. The molecule has 0 rings (SSSR count). The van der Waals surface area contributed by atoms with E-state index in [2.05, 4.69) is 0 Å². The summed E-state index contributed by atoms with van der Waals surface area (Å²) in [4.78, 5) is 0. The van der Waals surface area contributed by atoms with E-state index < -0.39 is 9.84 Å². The number of sulfone groups is 1. The number of thioether (sulfide) groups is 1. The molecular weight excluding hydrogens is 210 g/mol. The number of hydrogen-bond acceptors (Lipinski definition) is 5. The van der Waals surface area contributed by atoms with Crippen molar-refractivity contribution in [1.82, 2.24) is 0 Å². The highest BCUT2D eigenvalue weighted by molar-refractivity contribution is 8.00. The Morgan fingerprint density at radius 2 is 2.00 bits per heavy atom. The molecular formula is C7H17NO3S2. The summed E-state index contributed by atoms with van der Waals surface area (Å²) in [5.41, 5.74) is 5.22. The zero-order valence-corrected chi connectivity index (χ0v) is 9.49. The molecule has 0 fully saturated rings. The molecule has 0 aromatic rings. The molecule has 13 heavy (non-hydrogen) atoms. The Hall–Kier alpha value is 0.220. The first kappa shape index (κ1) is 13.2. The Kier molecular flexibility index (Phi) is 7.74. The van der Waals surface area contributed by atoms with Crippen LogP contribution < -0.4 is 5.73 Å². The van der Waals surface area contributed by atoms with Crippen LogP contribution in [0, 0.1) is 0 Å². The average Bonchev–Trinajstić information content (AvgIpc) is 2.01. The van der Waals surface area contributed by atoms with Gasteiger partial charge in [-0.2, -0.15) is 11.8 Å². The maximum Gasteiger partial charge on any atom is 0.148 e. The van der Waals surface area contributed by atoms with Crippen LogP contribution in [0.3, 0.4) is 0 Å². The predicted molar refractivity (Wildman–Crippen MR) is 56.9 cm³/mol.